The zero-order valence-corrected chi connectivity index (χ0v) is 30.1. The number of fused-ring (bicyclic) bond motifs is 1. The van der Waals surface area contributed by atoms with Gasteiger partial charge in [0.15, 0.2) is 15.1 Å². The SMILES string of the molecule is C=C1C[C@H]2[C@@H](C(=C[C@H](C[C@H](C)CCCC)C(C)(C)C)O[SiH](C)C)[C@H](C(C)(C)C)C[C@@]2(O[SiH](C)C)C1OC(C)=O. The molecule has 2 aliphatic carbocycles. The first-order valence-corrected chi connectivity index (χ1v) is 21.3. The molecular formula is C33H62O4Si2. The van der Waals surface area contributed by atoms with E-state index in [2.05, 4.69) is 94.2 Å². The van der Waals surface area contributed by atoms with Gasteiger partial charge in [0.25, 0.3) is 0 Å². The number of unbranched alkanes of at least 4 members (excludes halogenated alkanes) is 1. The second-order valence-corrected chi connectivity index (χ2v) is 20.1. The molecular weight excluding hydrogens is 517 g/mol. The van der Waals surface area contributed by atoms with Crippen LogP contribution in [0.25, 0.3) is 0 Å². The van der Waals surface area contributed by atoms with E-state index >= 15 is 0 Å². The van der Waals surface area contributed by atoms with Crippen molar-refractivity contribution < 1.29 is 18.4 Å². The number of esters is 1. The third kappa shape index (κ3) is 8.57. The van der Waals surface area contributed by atoms with Crippen molar-refractivity contribution in [1.82, 2.24) is 0 Å². The quantitative estimate of drug-likeness (QED) is 0.101. The van der Waals surface area contributed by atoms with Gasteiger partial charge in [0.2, 0.25) is 9.04 Å². The molecule has 0 N–H and O–H groups in total. The molecule has 0 radical (unpaired) electrons. The minimum atomic E-state index is -1.46. The number of allylic oxidation sites excluding steroid dienone is 2. The summed E-state index contributed by atoms with van der Waals surface area (Å²) in [6.07, 6.45) is 8.86. The van der Waals surface area contributed by atoms with Gasteiger partial charge in [0, 0.05) is 18.8 Å². The third-order valence-corrected chi connectivity index (χ3v) is 10.7. The summed E-state index contributed by atoms with van der Waals surface area (Å²) in [5.41, 5.74) is 0.683. The predicted octanol–water partition coefficient (Wildman–Crippen LogP) is 8.68. The molecule has 0 saturated heterocycles. The first-order valence-electron chi connectivity index (χ1n) is 15.7. The number of carbonyl (C=O) groups excluding carboxylic acids is 1. The van der Waals surface area contributed by atoms with Crippen LogP contribution in [-0.2, 0) is 18.4 Å². The van der Waals surface area contributed by atoms with E-state index in [1.807, 2.05) is 0 Å². The van der Waals surface area contributed by atoms with Crippen LogP contribution in [0.5, 0.6) is 0 Å². The first-order chi connectivity index (χ1) is 17.8. The average Bonchev–Trinajstić information content (AvgIpc) is 3.19. The number of hydrogen-bond donors (Lipinski definition) is 0. The van der Waals surface area contributed by atoms with Crippen molar-refractivity contribution in [1.29, 1.82) is 0 Å². The van der Waals surface area contributed by atoms with Crippen molar-refractivity contribution in [2.75, 3.05) is 0 Å². The Morgan fingerprint density at radius 2 is 1.74 bits per heavy atom. The monoisotopic (exact) mass is 578 g/mol. The lowest BCUT2D eigenvalue weighted by Gasteiger charge is -2.38. The van der Waals surface area contributed by atoms with Crippen LogP contribution in [0.3, 0.4) is 0 Å². The lowest BCUT2D eigenvalue weighted by molar-refractivity contribution is -0.155. The maximum atomic E-state index is 12.3. The fraction of sp³-hybridized carbons (Fsp3) is 0.848. The smallest absolute Gasteiger partial charge is 0.303 e. The third-order valence-electron chi connectivity index (χ3n) is 9.07. The molecule has 2 fully saturated rings. The van der Waals surface area contributed by atoms with Gasteiger partial charge in [-0.2, -0.15) is 0 Å². The molecule has 6 heteroatoms. The van der Waals surface area contributed by atoms with Crippen molar-refractivity contribution in [3.8, 4) is 0 Å². The highest BCUT2D eigenvalue weighted by Gasteiger charge is 2.66. The Kier molecular flexibility index (Phi) is 11.8. The molecule has 0 aliphatic heterocycles. The summed E-state index contributed by atoms with van der Waals surface area (Å²) in [4.78, 5) is 12.3. The van der Waals surface area contributed by atoms with E-state index in [0.717, 1.165) is 18.4 Å². The molecule has 1 unspecified atom stereocenters. The van der Waals surface area contributed by atoms with Gasteiger partial charge in [-0.1, -0.05) is 81.2 Å². The summed E-state index contributed by atoms with van der Waals surface area (Å²) in [6.45, 7) is 33.9. The Bertz CT molecular complexity index is 866. The highest BCUT2D eigenvalue weighted by Crippen LogP contribution is 2.63. The summed E-state index contributed by atoms with van der Waals surface area (Å²) in [5, 5.41) is 0. The van der Waals surface area contributed by atoms with Crippen molar-refractivity contribution in [2.45, 2.75) is 139 Å². The zero-order valence-electron chi connectivity index (χ0n) is 27.8. The fourth-order valence-corrected chi connectivity index (χ4v) is 9.30. The van der Waals surface area contributed by atoms with E-state index in [9.17, 15) is 4.79 Å². The Labute approximate surface area is 245 Å². The number of ether oxygens (including phenoxy) is 1. The van der Waals surface area contributed by atoms with Gasteiger partial charge in [-0.3, -0.25) is 4.79 Å². The second-order valence-electron chi connectivity index (χ2n) is 15.5. The number of carbonyl (C=O) groups is 1. The van der Waals surface area contributed by atoms with Crippen molar-refractivity contribution in [3.05, 3.63) is 24.0 Å². The predicted molar refractivity (Wildman–Crippen MR) is 171 cm³/mol. The normalized spacial score (nSPS) is 29.6. The van der Waals surface area contributed by atoms with Gasteiger partial charge in [0.1, 0.15) is 5.60 Å². The number of rotatable bonds is 12. The molecule has 226 valence electrons. The van der Waals surface area contributed by atoms with Crippen LogP contribution in [0.15, 0.2) is 24.0 Å². The molecule has 0 aromatic rings. The van der Waals surface area contributed by atoms with Crippen LogP contribution in [0, 0.1) is 40.4 Å². The van der Waals surface area contributed by atoms with E-state index in [-0.39, 0.29) is 34.7 Å². The minimum absolute atomic E-state index is 0.0542. The Hall–Kier alpha value is -0.856. The molecule has 7 atom stereocenters. The lowest BCUT2D eigenvalue weighted by Crippen LogP contribution is -2.48. The molecule has 0 aromatic carbocycles. The van der Waals surface area contributed by atoms with E-state index in [1.165, 1.54) is 38.4 Å². The van der Waals surface area contributed by atoms with Gasteiger partial charge in [0.05, 0.1) is 5.76 Å². The van der Waals surface area contributed by atoms with E-state index < -0.39 is 23.7 Å². The van der Waals surface area contributed by atoms with Crippen LogP contribution in [0.1, 0.15) is 101 Å². The van der Waals surface area contributed by atoms with Gasteiger partial charge in [-0.15, -0.1) is 0 Å². The molecule has 2 rings (SSSR count). The molecule has 4 nitrogen and oxygen atoms in total. The van der Waals surface area contributed by atoms with Crippen LogP contribution in [-0.4, -0.2) is 35.8 Å². The molecule has 39 heavy (non-hydrogen) atoms. The largest absolute Gasteiger partial charge is 0.550 e. The molecule has 0 bridgehead atoms. The maximum absolute atomic E-state index is 12.3. The van der Waals surface area contributed by atoms with Gasteiger partial charge in [-0.25, -0.2) is 0 Å². The second kappa shape index (κ2) is 13.4. The topological polar surface area (TPSA) is 44.8 Å². The van der Waals surface area contributed by atoms with Gasteiger partial charge >= 0.3 is 5.97 Å². The van der Waals surface area contributed by atoms with Crippen molar-refractivity contribution >= 4 is 24.0 Å². The summed E-state index contributed by atoms with van der Waals surface area (Å²) in [7, 11) is -2.84. The van der Waals surface area contributed by atoms with Crippen LogP contribution in [0.4, 0.5) is 0 Å². The Morgan fingerprint density at radius 3 is 2.21 bits per heavy atom. The summed E-state index contributed by atoms with van der Waals surface area (Å²) in [5.74, 6) is 2.83. The summed E-state index contributed by atoms with van der Waals surface area (Å²) < 4.78 is 20.0. The van der Waals surface area contributed by atoms with Gasteiger partial charge in [-0.05, 0) is 85.7 Å². The standard InChI is InChI=1S/C33H62O4Si2/c1-15-16-17-22(2)18-25(31(5,6)7)20-28(36-38(11)12)29-26-19-23(3)30(35-24(4)34)33(26,37-39(13)14)21-27(29)32(8,9)10/h20,22,25-27,29-30,38-39H,3,15-19,21H2,1-2,4-14H3/t22-,25+,26+,27-,29-,30?,33+/m1/s1. The molecule has 2 aliphatic rings. The number of hydrogen-bond acceptors (Lipinski definition) is 4. The van der Waals surface area contributed by atoms with Crippen molar-refractivity contribution in [3.63, 3.8) is 0 Å². The molecule has 0 spiro atoms. The first kappa shape index (κ1) is 34.3. The average molecular weight is 579 g/mol. The highest BCUT2D eigenvalue weighted by molar-refractivity contribution is 6.49. The molecule has 2 saturated carbocycles. The summed E-state index contributed by atoms with van der Waals surface area (Å²) >= 11 is 0. The fourth-order valence-electron chi connectivity index (χ4n) is 7.24. The van der Waals surface area contributed by atoms with Crippen LogP contribution in [0.2, 0.25) is 26.2 Å². The van der Waals surface area contributed by atoms with Crippen molar-refractivity contribution in [2.24, 2.45) is 40.4 Å². The maximum Gasteiger partial charge on any atom is 0.303 e. The van der Waals surface area contributed by atoms with Crippen LogP contribution >= 0.6 is 0 Å². The van der Waals surface area contributed by atoms with Crippen LogP contribution < -0.4 is 0 Å². The Morgan fingerprint density at radius 1 is 1.13 bits per heavy atom. The zero-order chi connectivity index (χ0) is 29.9. The lowest BCUT2D eigenvalue weighted by atomic mass is 9.70. The minimum Gasteiger partial charge on any atom is -0.550 e. The summed E-state index contributed by atoms with van der Waals surface area (Å²) in [6, 6.07) is 0. The Balaban J connectivity index is 2.71. The molecule has 0 aromatic heterocycles. The molecule has 0 heterocycles. The molecule has 0 amide bonds. The van der Waals surface area contributed by atoms with E-state index in [0.29, 0.717) is 17.8 Å². The van der Waals surface area contributed by atoms with Gasteiger partial charge < -0.3 is 13.6 Å². The highest BCUT2D eigenvalue weighted by atomic mass is 28.3. The van der Waals surface area contributed by atoms with E-state index in [1.54, 1.807) is 0 Å². The van der Waals surface area contributed by atoms with E-state index in [4.69, 9.17) is 13.6 Å².